The minimum absolute atomic E-state index is 0.643. The lowest BCUT2D eigenvalue weighted by Crippen LogP contribution is -1.79. The molecule has 0 saturated carbocycles. The van der Waals surface area contributed by atoms with Gasteiger partial charge in [-0.15, -0.1) is 0 Å². The van der Waals surface area contributed by atoms with Gasteiger partial charge in [-0.1, -0.05) is 23.7 Å². The van der Waals surface area contributed by atoms with Crippen LogP contribution in [0.5, 0.6) is 0 Å². The number of halogens is 1. The summed E-state index contributed by atoms with van der Waals surface area (Å²) >= 11 is 7.90. The Morgan fingerprint density at radius 3 is 2.67 bits per heavy atom. The quantitative estimate of drug-likeness (QED) is 0.608. The number of nitrogens with zero attached hydrogens (tertiary/aromatic N) is 3. The van der Waals surface area contributed by atoms with Crippen LogP contribution < -0.4 is 0 Å². The van der Waals surface area contributed by atoms with Crippen LogP contribution in [0.4, 0.5) is 0 Å². The summed E-state index contributed by atoms with van der Waals surface area (Å²) in [6.45, 7) is 0. The summed E-state index contributed by atoms with van der Waals surface area (Å²) in [7, 11) is 0. The molecule has 0 saturated heterocycles. The van der Waals surface area contributed by atoms with Crippen molar-refractivity contribution in [3.63, 3.8) is 0 Å². The van der Waals surface area contributed by atoms with E-state index in [9.17, 15) is 0 Å². The van der Waals surface area contributed by atoms with Crippen LogP contribution in [-0.2, 0) is 0 Å². The van der Waals surface area contributed by atoms with Gasteiger partial charge in [-0.2, -0.15) is 14.0 Å². The van der Waals surface area contributed by atoms with E-state index in [2.05, 4.69) is 8.75 Å². The zero-order chi connectivity index (χ0) is 10.7. The van der Waals surface area contributed by atoms with Gasteiger partial charge in [0.15, 0.2) is 5.03 Å². The second-order valence-corrected chi connectivity index (χ2v) is 4.36. The first kappa shape index (κ1) is 10.4. The second-order valence-electron chi connectivity index (χ2n) is 2.62. The maximum absolute atomic E-state index is 8.58. The number of rotatable bonds is 2. The number of aromatic nitrogens is 2. The Bertz CT molecular complexity index is 501. The van der Waals surface area contributed by atoms with Crippen molar-refractivity contribution in [2.45, 2.75) is 5.03 Å². The Hall–Kier alpha value is -1.09. The molecule has 0 radical (unpaired) electrons. The lowest BCUT2D eigenvalue weighted by Gasteiger charge is -1.97. The van der Waals surface area contributed by atoms with Gasteiger partial charge in [0, 0.05) is 22.3 Å². The van der Waals surface area contributed by atoms with E-state index >= 15 is 0 Å². The second kappa shape index (κ2) is 4.62. The number of hydrogen-bond donors (Lipinski definition) is 0. The monoisotopic (exact) mass is 253 g/mol. The van der Waals surface area contributed by atoms with E-state index in [1.165, 1.54) is 0 Å². The lowest BCUT2D eigenvalue weighted by molar-refractivity contribution is 1.27. The molecule has 74 valence electrons. The normalized spacial score (nSPS) is 9.87. The summed E-state index contributed by atoms with van der Waals surface area (Å²) in [4.78, 5) is 0. The Labute approximate surface area is 100 Å². The van der Waals surface area contributed by atoms with E-state index in [1.54, 1.807) is 12.1 Å². The molecule has 2 aromatic rings. The summed E-state index contributed by atoms with van der Waals surface area (Å²) in [5.41, 5.74) is 1.66. The van der Waals surface area contributed by atoms with Crippen LogP contribution in [0, 0.1) is 10.7 Å². The minimum atomic E-state index is 0.643. The van der Waals surface area contributed by atoms with Gasteiger partial charge in [0.25, 0.3) is 0 Å². The molecule has 6 heteroatoms. The maximum atomic E-state index is 8.58. The van der Waals surface area contributed by atoms with Crippen LogP contribution in [0.1, 0.15) is 0 Å². The van der Waals surface area contributed by atoms with Gasteiger partial charge in [-0.25, -0.2) is 0 Å². The third-order valence-corrected chi connectivity index (χ3v) is 3.18. The van der Waals surface area contributed by atoms with Crippen molar-refractivity contribution in [1.29, 1.82) is 5.26 Å². The standard InChI is InChI=1S/C9H4ClN3S2/c10-7-3-1-6(2-4-7)8-9(14-5-11)13-15-12-8/h1-4H. The summed E-state index contributed by atoms with van der Waals surface area (Å²) in [6, 6.07) is 7.30. The smallest absolute Gasteiger partial charge is 0.152 e. The molecule has 1 aromatic heterocycles. The van der Waals surface area contributed by atoms with Gasteiger partial charge in [0.2, 0.25) is 0 Å². The van der Waals surface area contributed by atoms with Crippen LogP contribution in [0.15, 0.2) is 29.3 Å². The first-order valence-corrected chi connectivity index (χ1v) is 5.88. The third-order valence-electron chi connectivity index (χ3n) is 1.72. The van der Waals surface area contributed by atoms with Gasteiger partial charge >= 0.3 is 0 Å². The average molecular weight is 254 g/mol. The van der Waals surface area contributed by atoms with Gasteiger partial charge in [-0.05, 0) is 12.1 Å². The Balaban J connectivity index is 2.41. The predicted molar refractivity (Wildman–Crippen MR) is 61.8 cm³/mol. The van der Waals surface area contributed by atoms with Crippen LogP contribution in [0.2, 0.25) is 5.02 Å². The number of benzene rings is 1. The highest BCUT2D eigenvalue weighted by atomic mass is 35.5. The van der Waals surface area contributed by atoms with Crippen LogP contribution in [0.3, 0.4) is 0 Å². The molecule has 0 aliphatic heterocycles. The van der Waals surface area contributed by atoms with Crippen molar-refractivity contribution in [2.75, 3.05) is 0 Å². The molecule has 0 bridgehead atoms. The number of thioether (sulfide) groups is 1. The van der Waals surface area contributed by atoms with Crippen LogP contribution in [0.25, 0.3) is 11.3 Å². The molecule has 2 rings (SSSR count). The summed E-state index contributed by atoms with van der Waals surface area (Å²) in [6.07, 6.45) is 0. The molecule has 0 aliphatic carbocycles. The molecule has 0 spiro atoms. The summed E-state index contributed by atoms with van der Waals surface area (Å²) in [5, 5.41) is 11.9. The number of thiocyanates is 1. The molecule has 0 amide bonds. The fraction of sp³-hybridized carbons (Fsp3) is 0. The SMILES string of the molecule is N#CSc1nsnc1-c1ccc(Cl)cc1. The fourth-order valence-electron chi connectivity index (χ4n) is 1.07. The van der Waals surface area contributed by atoms with Crippen molar-refractivity contribution in [3.05, 3.63) is 29.3 Å². The Morgan fingerprint density at radius 1 is 1.27 bits per heavy atom. The molecule has 0 unspecified atom stereocenters. The van der Waals surface area contributed by atoms with Crippen molar-refractivity contribution < 1.29 is 0 Å². The van der Waals surface area contributed by atoms with Gasteiger partial charge < -0.3 is 0 Å². The Morgan fingerprint density at radius 2 is 2.00 bits per heavy atom. The van der Waals surface area contributed by atoms with Gasteiger partial charge in [0.05, 0.1) is 11.7 Å². The fourth-order valence-corrected chi connectivity index (χ4v) is 2.33. The number of hydrogen-bond acceptors (Lipinski definition) is 5. The first-order chi connectivity index (χ1) is 7.31. The van der Waals surface area contributed by atoms with E-state index in [4.69, 9.17) is 16.9 Å². The van der Waals surface area contributed by atoms with E-state index in [0.717, 1.165) is 34.7 Å². The van der Waals surface area contributed by atoms with Crippen molar-refractivity contribution >= 4 is 35.1 Å². The molecule has 0 atom stereocenters. The molecular formula is C9H4ClN3S2. The molecule has 1 aromatic carbocycles. The maximum Gasteiger partial charge on any atom is 0.152 e. The van der Waals surface area contributed by atoms with E-state index in [-0.39, 0.29) is 0 Å². The van der Waals surface area contributed by atoms with Crippen LogP contribution >= 0.6 is 35.1 Å². The molecule has 0 N–H and O–H groups in total. The molecule has 3 nitrogen and oxygen atoms in total. The zero-order valence-electron chi connectivity index (χ0n) is 7.35. The largest absolute Gasteiger partial charge is 0.185 e. The average Bonchev–Trinajstić information content (AvgIpc) is 2.68. The van der Waals surface area contributed by atoms with Gasteiger partial charge in [-0.3, -0.25) is 0 Å². The first-order valence-electron chi connectivity index (χ1n) is 3.95. The van der Waals surface area contributed by atoms with Crippen molar-refractivity contribution in [2.24, 2.45) is 0 Å². The van der Waals surface area contributed by atoms with Crippen LogP contribution in [-0.4, -0.2) is 8.75 Å². The van der Waals surface area contributed by atoms with Gasteiger partial charge in [0.1, 0.15) is 11.1 Å². The molecule has 1 heterocycles. The zero-order valence-corrected chi connectivity index (χ0v) is 9.73. The molecular weight excluding hydrogens is 250 g/mol. The number of nitriles is 1. The Kier molecular flexibility index (Phi) is 3.21. The molecule has 15 heavy (non-hydrogen) atoms. The topological polar surface area (TPSA) is 49.6 Å². The van der Waals surface area contributed by atoms with Crippen molar-refractivity contribution in [3.8, 4) is 16.7 Å². The summed E-state index contributed by atoms with van der Waals surface area (Å²) in [5.74, 6) is 0. The van der Waals surface area contributed by atoms with E-state index < -0.39 is 0 Å². The molecule has 0 aliphatic rings. The third kappa shape index (κ3) is 2.29. The van der Waals surface area contributed by atoms with E-state index in [0.29, 0.717) is 10.0 Å². The minimum Gasteiger partial charge on any atom is -0.185 e. The highest BCUT2D eigenvalue weighted by Gasteiger charge is 2.10. The summed E-state index contributed by atoms with van der Waals surface area (Å²) < 4.78 is 8.19. The molecule has 0 fully saturated rings. The van der Waals surface area contributed by atoms with Crippen molar-refractivity contribution in [1.82, 2.24) is 8.75 Å². The van der Waals surface area contributed by atoms with E-state index in [1.807, 2.05) is 17.5 Å². The highest BCUT2D eigenvalue weighted by molar-refractivity contribution is 8.03. The predicted octanol–water partition coefficient (Wildman–Crippen LogP) is 3.43. The lowest BCUT2D eigenvalue weighted by atomic mass is 10.2. The highest BCUT2D eigenvalue weighted by Crippen LogP contribution is 2.29.